The molecule has 0 bridgehead atoms. The summed E-state index contributed by atoms with van der Waals surface area (Å²) in [5.74, 6) is 1.08. The van der Waals surface area contributed by atoms with Gasteiger partial charge in [0.1, 0.15) is 5.75 Å². The molecule has 1 heterocycles. The first-order valence-corrected chi connectivity index (χ1v) is 8.80. The highest BCUT2D eigenvalue weighted by Gasteiger charge is 2.20. The molecule has 0 spiro atoms. The molecule has 0 aromatic heterocycles. The first-order valence-electron chi connectivity index (χ1n) is 8.04. The molecule has 1 N–H and O–H groups in total. The number of ether oxygens (including phenoxy) is 1. The van der Waals surface area contributed by atoms with Gasteiger partial charge in [-0.25, -0.2) is 0 Å². The maximum absolute atomic E-state index is 11.9. The molecule has 1 unspecified atom stereocenters. The number of nitrogens with zero attached hydrogens (tertiary/aromatic N) is 1. The molecule has 6 heteroatoms. The van der Waals surface area contributed by atoms with Crippen molar-refractivity contribution in [1.29, 1.82) is 0 Å². The fourth-order valence-corrected chi connectivity index (χ4v) is 2.98. The zero-order chi connectivity index (χ0) is 16.8. The Labute approximate surface area is 148 Å². The van der Waals surface area contributed by atoms with E-state index in [1.54, 1.807) is 18.2 Å². The van der Waals surface area contributed by atoms with Gasteiger partial charge in [0, 0.05) is 23.7 Å². The standard InChI is InChI=1S/C17H24Cl2N2O2/c1-12-5-7-21(8-6-12)13(2)10-20-17(22)11-23-16-9-14(18)3-4-15(16)19/h3-4,9,12-13H,5-8,10-11H2,1-2H3,(H,20,22). The van der Waals surface area contributed by atoms with E-state index < -0.39 is 0 Å². The van der Waals surface area contributed by atoms with E-state index in [0.29, 0.717) is 28.4 Å². The molecule has 0 aliphatic carbocycles. The van der Waals surface area contributed by atoms with Gasteiger partial charge in [-0.3, -0.25) is 9.69 Å². The molecular formula is C17H24Cl2N2O2. The fourth-order valence-electron chi connectivity index (χ4n) is 2.64. The van der Waals surface area contributed by atoms with Crippen molar-refractivity contribution in [2.24, 2.45) is 5.92 Å². The van der Waals surface area contributed by atoms with E-state index in [1.807, 2.05) is 0 Å². The minimum Gasteiger partial charge on any atom is -0.482 e. The van der Waals surface area contributed by atoms with E-state index in [0.717, 1.165) is 19.0 Å². The van der Waals surface area contributed by atoms with E-state index >= 15 is 0 Å². The van der Waals surface area contributed by atoms with Crippen molar-refractivity contribution < 1.29 is 9.53 Å². The summed E-state index contributed by atoms with van der Waals surface area (Å²) in [7, 11) is 0. The summed E-state index contributed by atoms with van der Waals surface area (Å²) in [6.07, 6.45) is 2.46. The molecule has 1 fully saturated rings. The molecule has 1 atom stereocenters. The van der Waals surface area contributed by atoms with Crippen molar-refractivity contribution in [3.05, 3.63) is 28.2 Å². The Hall–Kier alpha value is -0.970. The van der Waals surface area contributed by atoms with Crippen molar-refractivity contribution >= 4 is 29.1 Å². The topological polar surface area (TPSA) is 41.6 Å². The van der Waals surface area contributed by atoms with E-state index in [-0.39, 0.29) is 12.5 Å². The van der Waals surface area contributed by atoms with Gasteiger partial charge >= 0.3 is 0 Å². The molecule has 0 saturated carbocycles. The Morgan fingerprint density at radius 3 is 2.78 bits per heavy atom. The number of carbonyl (C=O) groups excluding carboxylic acids is 1. The Balaban J connectivity index is 1.71. The van der Waals surface area contributed by atoms with Crippen LogP contribution in [0.3, 0.4) is 0 Å². The lowest BCUT2D eigenvalue weighted by Crippen LogP contribution is -2.46. The van der Waals surface area contributed by atoms with Crippen molar-refractivity contribution in [1.82, 2.24) is 10.2 Å². The summed E-state index contributed by atoms with van der Waals surface area (Å²) in [6, 6.07) is 5.27. The van der Waals surface area contributed by atoms with Gasteiger partial charge < -0.3 is 10.1 Å². The molecule has 128 valence electrons. The Morgan fingerprint density at radius 2 is 2.09 bits per heavy atom. The SMILES string of the molecule is CC1CCN(C(C)CNC(=O)COc2cc(Cl)ccc2Cl)CC1. The normalized spacial score (nSPS) is 17.7. The summed E-state index contributed by atoms with van der Waals surface area (Å²) >= 11 is 11.9. The van der Waals surface area contributed by atoms with Crippen LogP contribution in [-0.2, 0) is 4.79 Å². The van der Waals surface area contributed by atoms with E-state index in [2.05, 4.69) is 24.1 Å². The van der Waals surface area contributed by atoms with Crippen molar-refractivity contribution in [3.8, 4) is 5.75 Å². The number of piperidine rings is 1. The second-order valence-corrected chi connectivity index (χ2v) is 7.08. The first-order chi connectivity index (χ1) is 11.0. The molecule has 1 amide bonds. The lowest BCUT2D eigenvalue weighted by atomic mass is 9.98. The minimum absolute atomic E-state index is 0.0657. The minimum atomic E-state index is -0.154. The predicted molar refractivity (Wildman–Crippen MR) is 94.4 cm³/mol. The zero-order valence-corrected chi connectivity index (χ0v) is 15.2. The van der Waals surface area contributed by atoms with Gasteiger partial charge in [0.15, 0.2) is 6.61 Å². The number of amides is 1. The maximum atomic E-state index is 11.9. The van der Waals surface area contributed by atoms with Crippen LogP contribution >= 0.6 is 23.2 Å². The average Bonchev–Trinajstić information content (AvgIpc) is 2.54. The highest BCUT2D eigenvalue weighted by atomic mass is 35.5. The Morgan fingerprint density at radius 1 is 1.39 bits per heavy atom. The Kier molecular flexibility index (Phi) is 7.00. The van der Waals surface area contributed by atoms with E-state index in [4.69, 9.17) is 27.9 Å². The van der Waals surface area contributed by atoms with Crippen LogP contribution < -0.4 is 10.1 Å². The largest absolute Gasteiger partial charge is 0.482 e. The number of halogens is 2. The number of nitrogens with one attached hydrogen (secondary N) is 1. The summed E-state index contributed by atoms with van der Waals surface area (Å²) < 4.78 is 5.43. The highest BCUT2D eigenvalue weighted by Crippen LogP contribution is 2.27. The fraction of sp³-hybridized carbons (Fsp3) is 0.588. The number of likely N-dealkylation sites (tertiary alicyclic amines) is 1. The molecule has 1 aromatic carbocycles. The number of carbonyl (C=O) groups is 1. The molecule has 1 aliphatic rings. The van der Waals surface area contributed by atoms with Gasteiger partial charge in [-0.2, -0.15) is 0 Å². The number of benzene rings is 1. The van der Waals surface area contributed by atoms with Crippen LogP contribution in [0.5, 0.6) is 5.75 Å². The summed E-state index contributed by atoms with van der Waals surface area (Å²) in [5, 5.41) is 3.88. The third-order valence-corrected chi connectivity index (χ3v) is 4.84. The van der Waals surface area contributed by atoms with E-state index in [1.165, 1.54) is 12.8 Å². The average molecular weight is 359 g/mol. The smallest absolute Gasteiger partial charge is 0.257 e. The van der Waals surface area contributed by atoms with E-state index in [9.17, 15) is 4.79 Å². The van der Waals surface area contributed by atoms with Gasteiger partial charge in [0.25, 0.3) is 5.91 Å². The van der Waals surface area contributed by atoms with Gasteiger partial charge in [-0.05, 0) is 50.9 Å². The monoisotopic (exact) mass is 358 g/mol. The van der Waals surface area contributed by atoms with Crippen LogP contribution in [0.25, 0.3) is 0 Å². The first kappa shape index (κ1) is 18.4. The van der Waals surface area contributed by atoms with Crippen LogP contribution in [0.1, 0.15) is 26.7 Å². The molecule has 1 saturated heterocycles. The van der Waals surface area contributed by atoms with Crippen LogP contribution in [0.15, 0.2) is 18.2 Å². The summed E-state index contributed by atoms with van der Waals surface area (Å²) in [4.78, 5) is 14.3. The zero-order valence-electron chi connectivity index (χ0n) is 13.6. The summed E-state index contributed by atoms with van der Waals surface area (Å²) in [5.41, 5.74) is 0. The lowest BCUT2D eigenvalue weighted by molar-refractivity contribution is -0.123. The second-order valence-electron chi connectivity index (χ2n) is 6.24. The third kappa shape index (κ3) is 5.87. The summed E-state index contributed by atoms with van der Waals surface area (Å²) in [6.45, 7) is 7.20. The lowest BCUT2D eigenvalue weighted by Gasteiger charge is -2.35. The van der Waals surface area contributed by atoms with Gasteiger partial charge in [-0.1, -0.05) is 30.1 Å². The molecule has 2 rings (SSSR count). The molecular weight excluding hydrogens is 335 g/mol. The molecule has 1 aliphatic heterocycles. The van der Waals surface area contributed by atoms with Crippen LogP contribution in [0, 0.1) is 5.92 Å². The van der Waals surface area contributed by atoms with Crippen LogP contribution in [0.4, 0.5) is 0 Å². The third-order valence-electron chi connectivity index (χ3n) is 4.29. The van der Waals surface area contributed by atoms with Crippen molar-refractivity contribution in [3.63, 3.8) is 0 Å². The predicted octanol–water partition coefficient (Wildman–Crippen LogP) is 3.61. The van der Waals surface area contributed by atoms with Crippen LogP contribution in [0.2, 0.25) is 10.0 Å². The van der Waals surface area contributed by atoms with Gasteiger partial charge in [0.2, 0.25) is 0 Å². The second kappa shape index (κ2) is 8.76. The van der Waals surface area contributed by atoms with Gasteiger partial charge in [-0.15, -0.1) is 0 Å². The maximum Gasteiger partial charge on any atom is 0.257 e. The number of rotatable bonds is 6. The Bertz CT molecular complexity index is 531. The quantitative estimate of drug-likeness (QED) is 0.844. The molecule has 1 aromatic rings. The number of hydrogen-bond donors (Lipinski definition) is 1. The van der Waals surface area contributed by atoms with Gasteiger partial charge in [0.05, 0.1) is 5.02 Å². The molecule has 23 heavy (non-hydrogen) atoms. The molecule has 0 radical (unpaired) electrons. The number of hydrogen-bond acceptors (Lipinski definition) is 3. The van der Waals surface area contributed by atoms with Crippen LogP contribution in [-0.4, -0.2) is 43.1 Å². The molecule has 4 nitrogen and oxygen atoms in total. The van der Waals surface area contributed by atoms with Crippen molar-refractivity contribution in [2.75, 3.05) is 26.2 Å². The van der Waals surface area contributed by atoms with Crippen molar-refractivity contribution in [2.45, 2.75) is 32.7 Å². The highest BCUT2D eigenvalue weighted by molar-refractivity contribution is 6.34.